The normalized spacial score (nSPS) is 21.9. The molecule has 0 saturated carbocycles. The number of phenolic OH excluding ortho intramolecular Hbond substituents is 1. The third kappa shape index (κ3) is 1.07. The Hall–Kier alpha value is -1.06. The van der Waals surface area contributed by atoms with Gasteiger partial charge in [-0.15, -0.1) is 0 Å². The molecule has 3 N–H and O–H groups in total. The number of fused-ring (bicyclic) bond motifs is 1. The van der Waals surface area contributed by atoms with Gasteiger partial charge in [-0.3, -0.25) is 0 Å². The molecular formula is C9H11NO2. The molecule has 0 spiro atoms. The van der Waals surface area contributed by atoms with Crippen LogP contribution in [0.1, 0.15) is 17.2 Å². The minimum Gasteiger partial charge on any atom is -0.508 e. The number of aliphatic hydroxyl groups is 1. The van der Waals surface area contributed by atoms with Gasteiger partial charge in [-0.1, -0.05) is 12.1 Å². The Morgan fingerprint density at radius 1 is 1.42 bits per heavy atom. The molecule has 3 nitrogen and oxygen atoms in total. The topological polar surface area (TPSA) is 52.5 Å². The van der Waals surface area contributed by atoms with Gasteiger partial charge in [-0.05, 0) is 11.6 Å². The Morgan fingerprint density at radius 2 is 2.25 bits per heavy atom. The van der Waals surface area contributed by atoms with Crippen LogP contribution in [-0.4, -0.2) is 16.8 Å². The van der Waals surface area contributed by atoms with E-state index in [4.69, 9.17) is 0 Å². The maximum absolute atomic E-state index is 9.52. The van der Waals surface area contributed by atoms with E-state index in [1.54, 1.807) is 12.1 Å². The van der Waals surface area contributed by atoms with Gasteiger partial charge in [0.2, 0.25) is 0 Å². The van der Waals surface area contributed by atoms with Crippen LogP contribution in [-0.2, 0) is 6.54 Å². The summed E-state index contributed by atoms with van der Waals surface area (Å²) >= 11 is 0. The number of hydrogen-bond donors (Lipinski definition) is 3. The Bertz CT molecular complexity index is 299. The van der Waals surface area contributed by atoms with Crippen molar-refractivity contribution in [2.45, 2.75) is 12.6 Å². The molecule has 64 valence electrons. The number of hydrogen-bond acceptors (Lipinski definition) is 3. The van der Waals surface area contributed by atoms with Crippen LogP contribution in [0.3, 0.4) is 0 Å². The van der Waals surface area contributed by atoms with Gasteiger partial charge in [0, 0.05) is 18.7 Å². The lowest BCUT2D eigenvalue weighted by atomic mass is 9.98. The highest BCUT2D eigenvalue weighted by molar-refractivity contribution is 5.42. The molecule has 12 heavy (non-hydrogen) atoms. The number of benzene rings is 1. The fraction of sp³-hybridized carbons (Fsp3) is 0.333. The van der Waals surface area contributed by atoms with Crippen LogP contribution in [0.2, 0.25) is 0 Å². The predicted octanol–water partition coefficient (Wildman–Crippen LogP) is 0.529. The lowest BCUT2D eigenvalue weighted by molar-refractivity contribution is 0.161. The van der Waals surface area contributed by atoms with E-state index < -0.39 is 6.10 Å². The van der Waals surface area contributed by atoms with Gasteiger partial charge >= 0.3 is 0 Å². The van der Waals surface area contributed by atoms with E-state index in [1.165, 1.54) is 0 Å². The summed E-state index contributed by atoms with van der Waals surface area (Å²) in [6.45, 7) is 1.24. The van der Waals surface area contributed by atoms with E-state index in [1.807, 2.05) is 6.07 Å². The summed E-state index contributed by atoms with van der Waals surface area (Å²) < 4.78 is 0. The largest absolute Gasteiger partial charge is 0.508 e. The number of nitrogens with one attached hydrogen (secondary N) is 1. The number of aliphatic hydroxyl groups excluding tert-OH is 1. The average Bonchev–Trinajstić information content (AvgIpc) is 2.04. The van der Waals surface area contributed by atoms with Crippen LogP contribution in [0.4, 0.5) is 0 Å². The maximum atomic E-state index is 9.52. The van der Waals surface area contributed by atoms with Gasteiger partial charge in [-0.25, -0.2) is 0 Å². The van der Waals surface area contributed by atoms with Crippen molar-refractivity contribution >= 4 is 0 Å². The summed E-state index contributed by atoms with van der Waals surface area (Å²) in [5.74, 6) is 0.196. The van der Waals surface area contributed by atoms with Gasteiger partial charge in [0.1, 0.15) is 5.75 Å². The second-order valence-electron chi connectivity index (χ2n) is 3.00. The van der Waals surface area contributed by atoms with Crippen LogP contribution < -0.4 is 5.32 Å². The van der Waals surface area contributed by atoms with Gasteiger partial charge in [0.25, 0.3) is 0 Å². The summed E-state index contributed by atoms with van der Waals surface area (Å²) in [6.07, 6.45) is -0.574. The van der Waals surface area contributed by atoms with E-state index in [2.05, 4.69) is 5.32 Å². The van der Waals surface area contributed by atoms with Crippen molar-refractivity contribution in [1.29, 1.82) is 0 Å². The Balaban J connectivity index is 2.53. The second-order valence-corrected chi connectivity index (χ2v) is 3.00. The third-order valence-corrected chi connectivity index (χ3v) is 2.16. The molecule has 0 radical (unpaired) electrons. The van der Waals surface area contributed by atoms with Crippen molar-refractivity contribution in [1.82, 2.24) is 5.32 Å². The van der Waals surface area contributed by atoms with E-state index in [0.717, 1.165) is 12.1 Å². The zero-order valence-electron chi connectivity index (χ0n) is 6.62. The Kier molecular flexibility index (Phi) is 1.75. The summed E-state index contributed by atoms with van der Waals surface area (Å²) in [5, 5.41) is 22.0. The first-order valence-electron chi connectivity index (χ1n) is 3.98. The second kappa shape index (κ2) is 2.77. The molecule has 1 aromatic carbocycles. The molecule has 1 aliphatic rings. The van der Waals surface area contributed by atoms with Crippen molar-refractivity contribution in [2.75, 3.05) is 6.54 Å². The zero-order chi connectivity index (χ0) is 8.55. The molecule has 3 heteroatoms. The molecule has 1 aromatic rings. The van der Waals surface area contributed by atoms with Gasteiger partial charge < -0.3 is 15.5 Å². The first-order valence-corrected chi connectivity index (χ1v) is 3.98. The van der Waals surface area contributed by atoms with E-state index in [9.17, 15) is 10.2 Å². The van der Waals surface area contributed by atoms with Crippen LogP contribution in [0.15, 0.2) is 18.2 Å². The van der Waals surface area contributed by atoms with Crippen LogP contribution >= 0.6 is 0 Å². The molecule has 1 atom stereocenters. The monoisotopic (exact) mass is 165 g/mol. The summed E-state index contributed by atoms with van der Waals surface area (Å²) in [7, 11) is 0. The standard InChI is InChI=1S/C9H11NO2/c11-7-3-1-2-6-4-10-5-8(12)9(6)7/h1-3,8,10-12H,4-5H2. The SMILES string of the molecule is Oc1cccc2c1C(O)CNC2. The lowest BCUT2D eigenvalue weighted by Gasteiger charge is -2.22. The van der Waals surface area contributed by atoms with Gasteiger partial charge in [0.05, 0.1) is 6.10 Å². The van der Waals surface area contributed by atoms with Crippen LogP contribution in [0.5, 0.6) is 5.75 Å². The average molecular weight is 165 g/mol. The van der Waals surface area contributed by atoms with Crippen molar-refractivity contribution < 1.29 is 10.2 Å². The highest BCUT2D eigenvalue weighted by Gasteiger charge is 2.19. The van der Waals surface area contributed by atoms with Gasteiger partial charge in [-0.2, -0.15) is 0 Å². The highest BCUT2D eigenvalue weighted by Crippen LogP contribution is 2.29. The van der Waals surface area contributed by atoms with Crippen LogP contribution in [0.25, 0.3) is 0 Å². The lowest BCUT2D eigenvalue weighted by Crippen LogP contribution is -2.27. The third-order valence-electron chi connectivity index (χ3n) is 2.16. The summed E-state index contributed by atoms with van der Waals surface area (Å²) in [4.78, 5) is 0. The summed E-state index contributed by atoms with van der Waals surface area (Å²) in [5.41, 5.74) is 1.66. The predicted molar refractivity (Wildman–Crippen MR) is 44.8 cm³/mol. The molecule has 0 bridgehead atoms. The molecule has 0 aromatic heterocycles. The number of phenols is 1. The smallest absolute Gasteiger partial charge is 0.121 e. The molecule has 0 fully saturated rings. The van der Waals surface area contributed by atoms with Gasteiger partial charge in [0.15, 0.2) is 0 Å². The molecule has 1 aliphatic heterocycles. The van der Waals surface area contributed by atoms with Crippen molar-refractivity contribution in [2.24, 2.45) is 0 Å². The summed E-state index contributed by atoms with van der Waals surface area (Å²) in [6, 6.07) is 5.30. The molecule has 0 amide bonds. The quantitative estimate of drug-likeness (QED) is 0.525. The fourth-order valence-corrected chi connectivity index (χ4v) is 1.58. The number of rotatable bonds is 0. The van der Waals surface area contributed by atoms with Crippen molar-refractivity contribution in [3.8, 4) is 5.75 Å². The van der Waals surface area contributed by atoms with E-state index >= 15 is 0 Å². The Morgan fingerprint density at radius 3 is 3.00 bits per heavy atom. The first-order chi connectivity index (χ1) is 5.79. The molecule has 1 heterocycles. The molecule has 2 rings (SSSR count). The Labute approximate surface area is 70.7 Å². The first kappa shape index (κ1) is 7.58. The number of β-amino-alcohol motifs (C(OH)–C–C–N with tert-alkyl or cyclic N) is 1. The van der Waals surface area contributed by atoms with Crippen LogP contribution in [0, 0.1) is 0 Å². The van der Waals surface area contributed by atoms with Crippen molar-refractivity contribution in [3.05, 3.63) is 29.3 Å². The molecule has 1 unspecified atom stereocenters. The minimum absolute atomic E-state index is 0.196. The van der Waals surface area contributed by atoms with Crippen molar-refractivity contribution in [3.63, 3.8) is 0 Å². The number of aromatic hydroxyl groups is 1. The van der Waals surface area contributed by atoms with E-state index in [-0.39, 0.29) is 5.75 Å². The highest BCUT2D eigenvalue weighted by atomic mass is 16.3. The molecular weight excluding hydrogens is 154 g/mol. The van der Waals surface area contributed by atoms with E-state index in [0.29, 0.717) is 12.1 Å². The minimum atomic E-state index is -0.574. The zero-order valence-corrected chi connectivity index (χ0v) is 6.62. The maximum Gasteiger partial charge on any atom is 0.121 e. The molecule has 0 saturated heterocycles. The molecule has 0 aliphatic carbocycles. The fourth-order valence-electron chi connectivity index (χ4n) is 1.58.